The number of rotatable bonds is 2. The molecule has 0 saturated carbocycles. The van der Waals surface area contributed by atoms with Crippen molar-refractivity contribution >= 4 is 5.82 Å². The Bertz CT molecular complexity index is 659. The molecule has 0 atom stereocenters. The van der Waals surface area contributed by atoms with E-state index in [0.29, 0.717) is 18.1 Å². The van der Waals surface area contributed by atoms with Gasteiger partial charge < -0.3 is 10.3 Å². The molecule has 90 valence electrons. The number of nitrogens with two attached hydrogens (primary N) is 1. The summed E-state index contributed by atoms with van der Waals surface area (Å²) >= 11 is 0. The van der Waals surface area contributed by atoms with Gasteiger partial charge in [0.15, 0.2) is 11.6 Å². The molecule has 3 rings (SSSR count). The highest BCUT2D eigenvalue weighted by molar-refractivity contribution is 5.64. The summed E-state index contributed by atoms with van der Waals surface area (Å²) in [5, 5.41) is 0. The van der Waals surface area contributed by atoms with Gasteiger partial charge in [-0.25, -0.2) is 15.0 Å². The van der Waals surface area contributed by atoms with Gasteiger partial charge in [0.2, 0.25) is 0 Å². The van der Waals surface area contributed by atoms with Crippen LogP contribution in [0.15, 0.2) is 30.9 Å². The van der Waals surface area contributed by atoms with Gasteiger partial charge in [-0.3, -0.25) is 4.98 Å². The maximum Gasteiger partial charge on any atom is 0.165 e. The van der Waals surface area contributed by atoms with Crippen molar-refractivity contribution in [3.05, 3.63) is 42.2 Å². The Morgan fingerprint density at radius 2 is 2.11 bits per heavy atom. The molecule has 0 aliphatic carbocycles. The summed E-state index contributed by atoms with van der Waals surface area (Å²) in [7, 11) is 0. The summed E-state index contributed by atoms with van der Waals surface area (Å²) in [5.74, 6) is 1.13. The second kappa shape index (κ2) is 4.06. The van der Waals surface area contributed by atoms with Gasteiger partial charge in [-0.1, -0.05) is 6.07 Å². The number of aromatic nitrogens is 5. The van der Waals surface area contributed by atoms with E-state index in [2.05, 4.69) is 19.9 Å². The van der Waals surface area contributed by atoms with E-state index in [1.54, 1.807) is 6.33 Å². The zero-order valence-corrected chi connectivity index (χ0v) is 9.91. The summed E-state index contributed by atoms with van der Waals surface area (Å²) in [4.78, 5) is 16.9. The number of anilines is 1. The molecule has 1 aromatic heterocycles. The molecular weight excluding hydrogens is 228 g/mol. The predicted octanol–water partition coefficient (Wildman–Crippen LogP) is 1.11. The van der Waals surface area contributed by atoms with Crippen molar-refractivity contribution < 1.29 is 0 Å². The van der Waals surface area contributed by atoms with Crippen molar-refractivity contribution in [2.75, 3.05) is 5.73 Å². The summed E-state index contributed by atoms with van der Waals surface area (Å²) in [6.07, 6.45) is 3.15. The van der Waals surface area contributed by atoms with Crippen molar-refractivity contribution in [1.82, 2.24) is 24.5 Å². The van der Waals surface area contributed by atoms with Crippen LogP contribution in [0.3, 0.4) is 0 Å². The van der Waals surface area contributed by atoms with Crippen molar-refractivity contribution in [3.63, 3.8) is 0 Å². The first-order chi connectivity index (χ1) is 8.74. The van der Waals surface area contributed by atoms with Gasteiger partial charge in [0.05, 0.1) is 18.6 Å². The maximum absolute atomic E-state index is 5.74. The van der Waals surface area contributed by atoms with Crippen molar-refractivity contribution in [2.45, 2.75) is 13.5 Å². The third kappa shape index (κ3) is 1.77. The lowest BCUT2D eigenvalue weighted by molar-refractivity contribution is 0.740. The normalized spacial score (nSPS) is 10.9. The second-order valence-electron chi connectivity index (χ2n) is 4.07. The third-order valence-electron chi connectivity index (χ3n) is 2.71. The molecule has 0 fully saturated rings. The molecule has 0 amide bonds. The fourth-order valence-electron chi connectivity index (χ4n) is 1.88. The van der Waals surface area contributed by atoms with Crippen LogP contribution < -0.4 is 5.73 Å². The van der Waals surface area contributed by atoms with E-state index in [1.165, 1.54) is 6.33 Å². The Labute approximate surface area is 104 Å². The first-order valence-electron chi connectivity index (χ1n) is 5.58. The fourth-order valence-corrected chi connectivity index (χ4v) is 1.88. The maximum atomic E-state index is 5.74. The number of pyridine rings is 1. The first-order valence-corrected chi connectivity index (χ1v) is 5.58. The van der Waals surface area contributed by atoms with Crippen LogP contribution in [0, 0.1) is 6.92 Å². The summed E-state index contributed by atoms with van der Waals surface area (Å²) in [6, 6.07) is 5.92. The van der Waals surface area contributed by atoms with Crippen LogP contribution in [0.25, 0.3) is 11.5 Å². The van der Waals surface area contributed by atoms with E-state index in [4.69, 9.17) is 5.73 Å². The minimum Gasteiger partial charge on any atom is -0.382 e. The molecule has 18 heavy (non-hydrogen) atoms. The molecule has 6 heteroatoms. The fraction of sp³-hybridized carbons (Fsp3) is 0.167. The average molecular weight is 240 g/mol. The standard InChI is InChI=1S/C12H12N6/c1-8-3-2-4-9(17-8)5-18-7-16-11(13)10-12(18)15-6-14-10/h2-4,6-7H,5,13H2,1H3. The zero-order valence-electron chi connectivity index (χ0n) is 9.91. The number of aryl methyl sites for hydroxylation is 1. The van der Waals surface area contributed by atoms with Crippen LogP contribution in [-0.4, -0.2) is 24.5 Å². The Balaban J connectivity index is 2.01. The lowest BCUT2D eigenvalue weighted by Crippen LogP contribution is -2.10. The Hall–Kier alpha value is -2.50. The van der Waals surface area contributed by atoms with Crippen molar-refractivity contribution in [2.24, 2.45) is 0 Å². The first kappa shape index (κ1) is 10.6. The van der Waals surface area contributed by atoms with Gasteiger partial charge in [0.1, 0.15) is 12.0 Å². The predicted molar refractivity (Wildman–Crippen MR) is 66.9 cm³/mol. The molecule has 0 spiro atoms. The molecule has 0 aromatic carbocycles. The number of fused-ring (bicyclic) bond motifs is 1. The van der Waals surface area contributed by atoms with Crippen LogP contribution >= 0.6 is 0 Å². The average Bonchev–Trinajstić information content (AvgIpc) is 2.83. The molecule has 1 aromatic rings. The Morgan fingerprint density at radius 3 is 2.94 bits per heavy atom. The molecule has 2 aliphatic rings. The van der Waals surface area contributed by atoms with E-state index in [1.807, 2.05) is 29.7 Å². The van der Waals surface area contributed by atoms with Crippen LogP contribution in [0.4, 0.5) is 5.82 Å². The van der Waals surface area contributed by atoms with E-state index >= 15 is 0 Å². The minimum atomic E-state index is 0.399. The van der Waals surface area contributed by atoms with Gasteiger partial charge in [0, 0.05) is 5.69 Å². The molecule has 3 heterocycles. The lowest BCUT2D eigenvalue weighted by atomic mass is 10.3. The van der Waals surface area contributed by atoms with Crippen LogP contribution in [0.1, 0.15) is 11.4 Å². The molecule has 0 bridgehead atoms. The minimum absolute atomic E-state index is 0.399. The van der Waals surface area contributed by atoms with Crippen molar-refractivity contribution in [1.29, 1.82) is 0 Å². The number of hydrogen-bond donors (Lipinski definition) is 1. The van der Waals surface area contributed by atoms with Crippen LogP contribution in [-0.2, 0) is 6.54 Å². The summed E-state index contributed by atoms with van der Waals surface area (Å²) in [5.41, 5.74) is 8.32. The highest BCUT2D eigenvalue weighted by atomic mass is 15.1. The zero-order chi connectivity index (χ0) is 12.5. The number of imidazole rings is 1. The van der Waals surface area contributed by atoms with Crippen LogP contribution in [0.5, 0.6) is 0 Å². The SMILES string of the molecule is Cc1cccc(Cn2cnc(N)c3ncnc2-3)n1. The molecule has 0 saturated heterocycles. The summed E-state index contributed by atoms with van der Waals surface area (Å²) < 4.78 is 1.89. The molecule has 2 N–H and O–H groups in total. The largest absolute Gasteiger partial charge is 0.382 e. The van der Waals surface area contributed by atoms with E-state index in [0.717, 1.165) is 17.2 Å². The highest BCUT2D eigenvalue weighted by Crippen LogP contribution is 2.21. The molecular formula is C12H12N6. The number of hydrogen-bond acceptors (Lipinski definition) is 5. The molecule has 6 nitrogen and oxygen atoms in total. The number of nitrogens with zero attached hydrogens (tertiary/aromatic N) is 5. The van der Waals surface area contributed by atoms with Gasteiger partial charge >= 0.3 is 0 Å². The Morgan fingerprint density at radius 1 is 1.22 bits per heavy atom. The van der Waals surface area contributed by atoms with E-state index in [9.17, 15) is 0 Å². The molecule has 0 unspecified atom stereocenters. The topological polar surface area (TPSA) is 82.5 Å². The third-order valence-corrected chi connectivity index (χ3v) is 2.71. The van der Waals surface area contributed by atoms with Gasteiger partial charge in [-0.05, 0) is 19.1 Å². The smallest absolute Gasteiger partial charge is 0.165 e. The van der Waals surface area contributed by atoms with Crippen molar-refractivity contribution in [3.8, 4) is 11.5 Å². The van der Waals surface area contributed by atoms with Gasteiger partial charge in [0.25, 0.3) is 0 Å². The lowest BCUT2D eigenvalue weighted by Gasteiger charge is -2.11. The van der Waals surface area contributed by atoms with E-state index in [-0.39, 0.29) is 0 Å². The highest BCUT2D eigenvalue weighted by Gasteiger charge is 2.14. The molecule has 0 radical (unpaired) electrons. The Kier molecular flexibility index (Phi) is 2.40. The van der Waals surface area contributed by atoms with E-state index < -0.39 is 0 Å². The molecule has 2 aliphatic heterocycles. The monoisotopic (exact) mass is 240 g/mol. The van der Waals surface area contributed by atoms with Crippen LogP contribution in [0.2, 0.25) is 0 Å². The quantitative estimate of drug-likeness (QED) is 0.725. The second-order valence-corrected chi connectivity index (χ2v) is 4.07. The summed E-state index contributed by atoms with van der Waals surface area (Å²) in [6.45, 7) is 2.57. The van der Waals surface area contributed by atoms with Gasteiger partial charge in [-0.2, -0.15) is 0 Å². The van der Waals surface area contributed by atoms with Gasteiger partial charge in [-0.15, -0.1) is 0 Å². The number of nitrogen functional groups attached to an aromatic ring is 1.